The molecule has 8 heteroatoms. The number of fused-ring (bicyclic) bond motifs is 1. The summed E-state index contributed by atoms with van der Waals surface area (Å²) in [7, 11) is -3.24. The zero-order chi connectivity index (χ0) is 18.9. The number of nitrogens with zero attached hydrogens (tertiary/aromatic N) is 2. The van der Waals surface area contributed by atoms with Gasteiger partial charge in [0, 0.05) is 31.2 Å². The van der Waals surface area contributed by atoms with Gasteiger partial charge < -0.3 is 9.80 Å². The van der Waals surface area contributed by atoms with Gasteiger partial charge in [0.1, 0.15) is 6.04 Å². The summed E-state index contributed by atoms with van der Waals surface area (Å²) in [5.74, 6) is -0.138. The first kappa shape index (κ1) is 18.8. The molecule has 1 unspecified atom stereocenters. The molecule has 2 amide bonds. The van der Waals surface area contributed by atoms with Gasteiger partial charge in [0.05, 0.1) is 6.26 Å². The van der Waals surface area contributed by atoms with Gasteiger partial charge in [-0.3, -0.25) is 9.59 Å². The normalized spacial score (nSPS) is 19.5. The van der Waals surface area contributed by atoms with Crippen molar-refractivity contribution in [3.05, 3.63) is 35.4 Å². The largest absolute Gasteiger partial charge is 0.341 e. The van der Waals surface area contributed by atoms with Crippen LogP contribution >= 0.6 is 0 Å². The summed E-state index contributed by atoms with van der Waals surface area (Å²) in [6.45, 7) is 3.37. The Balaban J connectivity index is 1.65. The monoisotopic (exact) mass is 379 g/mol. The average molecular weight is 379 g/mol. The van der Waals surface area contributed by atoms with Gasteiger partial charge in [-0.25, -0.2) is 13.1 Å². The van der Waals surface area contributed by atoms with E-state index in [1.54, 1.807) is 15.9 Å². The fraction of sp³-hybridized carbons (Fsp3) is 0.556. The molecule has 142 valence electrons. The Kier molecular flexibility index (Phi) is 5.34. The highest BCUT2D eigenvalue weighted by Crippen LogP contribution is 2.26. The lowest BCUT2D eigenvalue weighted by molar-refractivity contribution is -0.137. The number of nitrogens with one attached hydrogen (secondary N) is 1. The molecule has 2 aliphatic rings. The van der Waals surface area contributed by atoms with E-state index in [2.05, 4.69) is 4.72 Å². The van der Waals surface area contributed by atoms with Gasteiger partial charge in [0.15, 0.2) is 0 Å². The maximum absolute atomic E-state index is 13.0. The van der Waals surface area contributed by atoms with Crippen LogP contribution in [0.25, 0.3) is 0 Å². The summed E-state index contributed by atoms with van der Waals surface area (Å²) in [6.07, 6.45) is 2.88. The average Bonchev–Trinajstić information content (AvgIpc) is 2.92. The number of likely N-dealkylation sites (tertiary alicyclic amines) is 1. The van der Waals surface area contributed by atoms with E-state index in [-0.39, 0.29) is 17.9 Å². The smallest absolute Gasteiger partial charge is 0.255 e. The molecule has 0 radical (unpaired) electrons. The summed E-state index contributed by atoms with van der Waals surface area (Å²) < 4.78 is 25.3. The minimum Gasteiger partial charge on any atom is -0.341 e. The number of carbonyl (C=O) groups is 2. The lowest BCUT2D eigenvalue weighted by Crippen LogP contribution is -2.53. The van der Waals surface area contributed by atoms with Gasteiger partial charge >= 0.3 is 0 Å². The minimum absolute atomic E-state index is 0.0496. The summed E-state index contributed by atoms with van der Waals surface area (Å²) >= 11 is 0. The van der Waals surface area contributed by atoms with Crippen molar-refractivity contribution >= 4 is 21.8 Å². The van der Waals surface area contributed by atoms with Crippen molar-refractivity contribution in [1.82, 2.24) is 14.5 Å². The van der Waals surface area contributed by atoms with E-state index < -0.39 is 16.1 Å². The number of rotatable bonds is 5. The van der Waals surface area contributed by atoms with Gasteiger partial charge in [0.2, 0.25) is 15.9 Å². The topological polar surface area (TPSA) is 86.8 Å². The van der Waals surface area contributed by atoms with Crippen LogP contribution < -0.4 is 4.72 Å². The Labute approximate surface area is 154 Å². The second-order valence-corrected chi connectivity index (χ2v) is 8.78. The van der Waals surface area contributed by atoms with Crippen LogP contribution in [0.3, 0.4) is 0 Å². The van der Waals surface area contributed by atoms with E-state index in [0.717, 1.165) is 11.8 Å². The number of hydrogen-bond donors (Lipinski definition) is 1. The number of benzene rings is 1. The molecule has 0 bridgehead atoms. The van der Waals surface area contributed by atoms with E-state index in [1.165, 1.54) is 0 Å². The highest BCUT2D eigenvalue weighted by molar-refractivity contribution is 7.88. The van der Waals surface area contributed by atoms with E-state index >= 15 is 0 Å². The first-order valence-electron chi connectivity index (χ1n) is 8.95. The zero-order valence-corrected chi connectivity index (χ0v) is 16.0. The maximum Gasteiger partial charge on any atom is 0.255 e. The Morgan fingerprint density at radius 2 is 1.92 bits per heavy atom. The maximum atomic E-state index is 13.0. The molecule has 1 aromatic rings. The molecule has 1 N–H and O–H groups in total. The van der Waals surface area contributed by atoms with Crippen LogP contribution in [0.2, 0.25) is 0 Å². The zero-order valence-electron chi connectivity index (χ0n) is 15.1. The van der Waals surface area contributed by atoms with Gasteiger partial charge in [-0.1, -0.05) is 25.1 Å². The highest BCUT2D eigenvalue weighted by atomic mass is 32.2. The lowest BCUT2D eigenvalue weighted by Gasteiger charge is -2.36. The van der Waals surface area contributed by atoms with Crippen molar-refractivity contribution in [3.63, 3.8) is 0 Å². The molecule has 2 heterocycles. The second-order valence-electron chi connectivity index (χ2n) is 7.00. The van der Waals surface area contributed by atoms with Gasteiger partial charge in [-0.05, 0) is 30.9 Å². The first-order chi connectivity index (χ1) is 12.3. The third kappa shape index (κ3) is 3.91. The van der Waals surface area contributed by atoms with Crippen molar-refractivity contribution in [2.24, 2.45) is 0 Å². The van der Waals surface area contributed by atoms with E-state index in [1.807, 2.05) is 25.1 Å². The van der Waals surface area contributed by atoms with Crippen molar-refractivity contribution in [1.29, 1.82) is 0 Å². The molecule has 0 aromatic heterocycles. The fourth-order valence-electron chi connectivity index (χ4n) is 3.79. The third-order valence-corrected chi connectivity index (χ3v) is 5.85. The highest BCUT2D eigenvalue weighted by Gasteiger charge is 2.37. The molecule has 7 nitrogen and oxygen atoms in total. The Bertz CT molecular complexity index is 800. The molecular formula is C18H25N3O4S. The van der Waals surface area contributed by atoms with E-state index in [0.29, 0.717) is 44.5 Å². The van der Waals surface area contributed by atoms with Crippen LogP contribution in [0.5, 0.6) is 0 Å². The number of amides is 2. The molecule has 3 rings (SSSR count). The first-order valence-corrected chi connectivity index (χ1v) is 10.8. The number of piperidine rings is 1. The molecule has 1 saturated heterocycles. The molecule has 2 aliphatic heterocycles. The minimum atomic E-state index is -3.24. The molecule has 26 heavy (non-hydrogen) atoms. The van der Waals surface area contributed by atoms with Crippen LogP contribution in [0.1, 0.15) is 42.1 Å². The predicted octanol–water partition coefficient (Wildman–Crippen LogP) is 0.961. The van der Waals surface area contributed by atoms with Crippen LogP contribution in [0.15, 0.2) is 24.3 Å². The van der Waals surface area contributed by atoms with Crippen molar-refractivity contribution in [2.75, 3.05) is 19.3 Å². The molecular weight excluding hydrogens is 354 g/mol. The van der Waals surface area contributed by atoms with Crippen LogP contribution in [-0.4, -0.2) is 61.5 Å². The number of carbonyl (C=O) groups excluding carboxylic acids is 2. The Hall–Kier alpha value is -1.93. The van der Waals surface area contributed by atoms with Crippen molar-refractivity contribution in [3.8, 4) is 0 Å². The number of sulfonamides is 1. The second kappa shape index (κ2) is 7.36. The summed E-state index contributed by atoms with van der Waals surface area (Å²) in [5.41, 5.74) is 1.63. The SMILES string of the molecule is CCC(C(=O)N1CCC(NS(C)(=O)=O)CC1)N1Cc2ccccc2C1=O. The standard InChI is InChI=1S/C18H25N3O4S/c1-3-16(21-12-13-6-4-5-7-15(13)17(21)22)18(23)20-10-8-14(9-11-20)19-26(2,24)25/h4-7,14,16,19H,3,8-12H2,1-2H3. The molecule has 0 spiro atoms. The Morgan fingerprint density at radius 3 is 2.50 bits per heavy atom. The van der Waals surface area contributed by atoms with Gasteiger partial charge in [-0.2, -0.15) is 0 Å². The quantitative estimate of drug-likeness (QED) is 0.826. The predicted molar refractivity (Wildman–Crippen MR) is 98.0 cm³/mol. The molecule has 1 aromatic carbocycles. The van der Waals surface area contributed by atoms with Crippen LogP contribution in [0.4, 0.5) is 0 Å². The van der Waals surface area contributed by atoms with E-state index in [9.17, 15) is 18.0 Å². The Morgan fingerprint density at radius 1 is 1.27 bits per heavy atom. The van der Waals surface area contributed by atoms with Crippen LogP contribution in [-0.2, 0) is 21.4 Å². The summed E-state index contributed by atoms with van der Waals surface area (Å²) in [5, 5.41) is 0. The lowest BCUT2D eigenvalue weighted by atomic mass is 10.0. The third-order valence-electron chi connectivity index (χ3n) is 5.08. The van der Waals surface area contributed by atoms with Gasteiger partial charge in [-0.15, -0.1) is 0 Å². The molecule has 1 atom stereocenters. The summed E-state index contributed by atoms with van der Waals surface area (Å²) in [6, 6.07) is 6.85. The van der Waals surface area contributed by atoms with Crippen molar-refractivity contribution < 1.29 is 18.0 Å². The summed E-state index contributed by atoms with van der Waals surface area (Å²) in [4.78, 5) is 29.1. The number of hydrogen-bond acceptors (Lipinski definition) is 4. The molecule has 1 fully saturated rings. The molecule has 0 saturated carbocycles. The fourth-order valence-corrected chi connectivity index (χ4v) is 4.63. The van der Waals surface area contributed by atoms with Gasteiger partial charge in [0.25, 0.3) is 5.91 Å². The van der Waals surface area contributed by atoms with Crippen molar-refractivity contribution in [2.45, 2.75) is 44.8 Å². The molecule has 0 aliphatic carbocycles. The van der Waals surface area contributed by atoms with Crippen LogP contribution in [0, 0.1) is 0 Å². The van der Waals surface area contributed by atoms with E-state index in [4.69, 9.17) is 0 Å².